The number of pyridine rings is 1. The van der Waals surface area contributed by atoms with E-state index in [1.165, 1.54) is 6.20 Å². The molecule has 0 bridgehead atoms. The number of rotatable bonds is 1. The summed E-state index contributed by atoms with van der Waals surface area (Å²) >= 11 is 0. The molecule has 1 aromatic rings. The van der Waals surface area contributed by atoms with Crippen LogP contribution in [0.5, 0.6) is 0 Å². The molecule has 0 atom stereocenters. The summed E-state index contributed by atoms with van der Waals surface area (Å²) in [5, 5.41) is 2.60. The van der Waals surface area contributed by atoms with E-state index in [1.54, 1.807) is 26.8 Å². The van der Waals surface area contributed by atoms with Crippen molar-refractivity contribution in [1.29, 1.82) is 0 Å². The van der Waals surface area contributed by atoms with Gasteiger partial charge in [0.25, 0.3) is 0 Å². The summed E-state index contributed by atoms with van der Waals surface area (Å²) < 4.78 is 5.12. The quantitative estimate of drug-likeness (QED) is 0.757. The number of nitrogens with one attached hydrogen (secondary N) is 1. The van der Waals surface area contributed by atoms with Gasteiger partial charge >= 0.3 is 6.09 Å². The van der Waals surface area contributed by atoms with Gasteiger partial charge in [-0.15, -0.1) is 6.42 Å². The maximum atomic E-state index is 11.5. The Labute approximate surface area is 101 Å². The van der Waals surface area contributed by atoms with Crippen LogP contribution in [0.25, 0.3) is 0 Å². The van der Waals surface area contributed by atoms with E-state index in [9.17, 15) is 4.79 Å². The second-order valence-corrected chi connectivity index (χ2v) is 4.66. The van der Waals surface area contributed by atoms with Gasteiger partial charge < -0.3 is 4.74 Å². The molecule has 1 rings (SSSR count). The van der Waals surface area contributed by atoms with E-state index < -0.39 is 11.7 Å². The van der Waals surface area contributed by atoms with Gasteiger partial charge in [0.2, 0.25) is 0 Å². The van der Waals surface area contributed by atoms with Crippen molar-refractivity contribution >= 4 is 11.8 Å². The molecule has 4 heteroatoms. The number of carbonyl (C=O) groups is 1. The zero-order valence-corrected chi connectivity index (χ0v) is 10.5. The van der Waals surface area contributed by atoms with Crippen molar-refractivity contribution in [3.63, 3.8) is 0 Å². The van der Waals surface area contributed by atoms with Crippen LogP contribution in [0, 0.1) is 19.3 Å². The van der Waals surface area contributed by atoms with Crippen molar-refractivity contribution < 1.29 is 9.53 Å². The molecule has 0 spiro atoms. The Balaban J connectivity index is 2.74. The molecule has 1 heterocycles. The maximum absolute atomic E-state index is 11.5. The van der Waals surface area contributed by atoms with Crippen molar-refractivity contribution in [3.8, 4) is 12.3 Å². The Morgan fingerprint density at radius 3 is 2.65 bits per heavy atom. The summed E-state index contributed by atoms with van der Waals surface area (Å²) in [7, 11) is 0. The number of carbonyl (C=O) groups excluding carboxylic acids is 1. The van der Waals surface area contributed by atoms with Crippen LogP contribution in [0.3, 0.4) is 0 Å². The van der Waals surface area contributed by atoms with E-state index in [0.717, 1.165) is 5.56 Å². The number of terminal acetylenes is 1. The van der Waals surface area contributed by atoms with Crippen molar-refractivity contribution in [1.82, 2.24) is 4.98 Å². The van der Waals surface area contributed by atoms with Gasteiger partial charge in [-0.2, -0.15) is 0 Å². The second kappa shape index (κ2) is 4.88. The molecule has 1 N–H and O–H groups in total. The van der Waals surface area contributed by atoms with Crippen molar-refractivity contribution in [2.24, 2.45) is 0 Å². The summed E-state index contributed by atoms with van der Waals surface area (Å²) in [6, 6.07) is 1.76. The van der Waals surface area contributed by atoms with E-state index in [1.807, 2.05) is 6.92 Å². The number of ether oxygens (including phenoxy) is 1. The molecule has 0 saturated carbocycles. The molecule has 0 saturated heterocycles. The molecule has 0 aliphatic carbocycles. The van der Waals surface area contributed by atoms with Crippen LogP contribution in [-0.4, -0.2) is 16.7 Å². The monoisotopic (exact) mass is 232 g/mol. The molecule has 0 aliphatic rings. The van der Waals surface area contributed by atoms with Gasteiger partial charge in [0.05, 0.1) is 11.9 Å². The fourth-order valence-corrected chi connectivity index (χ4v) is 1.22. The molecule has 1 aromatic heterocycles. The fourth-order valence-electron chi connectivity index (χ4n) is 1.22. The van der Waals surface area contributed by atoms with E-state index in [0.29, 0.717) is 11.4 Å². The Bertz CT molecular complexity index is 467. The zero-order valence-electron chi connectivity index (χ0n) is 10.5. The number of hydrogen-bond acceptors (Lipinski definition) is 3. The third-order valence-electron chi connectivity index (χ3n) is 1.86. The molecule has 0 radical (unpaired) electrons. The van der Waals surface area contributed by atoms with Gasteiger partial charge in [-0.1, -0.05) is 0 Å². The van der Waals surface area contributed by atoms with Crippen molar-refractivity contribution in [2.45, 2.75) is 33.3 Å². The van der Waals surface area contributed by atoms with Gasteiger partial charge in [-0.05, 0) is 45.2 Å². The van der Waals surface area contributed by atoms with Crippen LogP contribution in [0.4, 0.5) is 10.5 Å². The molecule has 0 unspecified atom stereocenters. The van der Waals surface area contributed by atoms with Gasteiger partial charge in [-0.25, -0.2) is 9.78 Å². The van der Waals surface area contributed by atoms with Crippen molar-refractivity contribution in [3.05, 3.63) is 23.5 Å². The summed E-state index contributed by atoms with van der Waals surface area (Å²) in [6.45, 7) is 7.25. The van der Waals surface area contributed by atoms with E-state index in [-0.39, 0.29) is 0 Å². The number of hydrogen-bond donors (Lipinski definition) is 1. The summed E-state index contributed by atoms with van der Waals surface area (Å²) in [5.74, 6) is 2.46. The average Bonchev–Trinajstić information content (AvgIpc) is 2.14. The Kier molecular flexibility index (Phi) is 3.74. The predicted molar refractivity (Wildman–Crippen MR) is 66.8 cm³/mol. The molecule has 0 aliphatic heterocycles. The lowest BCUT2D eigenvalue weighted by Crippen LogP contribution is -2.27. The second-order valence-electron chi connectivity index (χ2n) is 4.66. The lowest BCUT2D eigenvalue weighted by molar-refractivity contribution is 0.0636. The predicted octanol–water partition coefficient (Wildman–Crippen LogP) is 2.72. The van der Waals surface area contributed by atoms with Gasteiger partial charge in [0.1, 0.15) is 11.3 Å². The highest BCUT2D eigenvalue weighted by Gasteiger charge is 2.16. The lowest BCUT2D eigenvalue weighted by atomic mass is 10.2. The molecular weight excluding hydrogens is 216 g/mol. The van der Waals surface area contributed by atoms with Crippen LogP contribution in [0.1, 0.15) is 32.0 Å². The highest BCUT2D eigenvalue weighted by molar-refractivity contribution is 5.84. The summed E-state index contributed by atoms with van der Waals surface area (Å²) in [4.78, 5) is 15.5. The number of amides is 1. The zero-order chi connectivity index (χ0) is 13.1. The van der Waals surface area contributed by atoms with Gasteiger partial charge in [-0.3, -0.25) is 5.32 Å². The summed E-state index contributed by atoms with van der Waals surface area (Å²) in [6.07, 6.45) is 6.26. The average molecular weight is 232 g/mol. The Hall–Kier alpha value is -2.02. The molecule has 90 valence electrons. The highest BCUT2D eigenvalue weighted by Crippen LogP contribution is 2.13. The molecule has 1 amide bonds. The Morgan fingerprint density at radius 2 is 2.18 bits per heavy atom. The van der Waals surface area contributed by atoms with Crippen LogP contribution in [0.2, 0.25) is 0 Å². The van der Waals surface area contributed by atoms with Crippen LogP contribution >= 0.6 is 0 Å². The molecule has 0 fully saturated rings. The van der Waals surface area contributed by atoms with Gasteiger partial charge in [0.15, 0.2) is 0 Å². The lowest BCUT2D eigenvalue weighted by Gasteiger charge is -2.19. The number of aryl methyl sites for hydroxylation is 1. The van der Waals surface area contributed by atoms with E-state index in [4.69, 9.17) is 11.2 Å². The minimum absolute atomic E-state index is 0.507. The minimum atomic E-state index is -0.523. The number of aromatic nitrogens is 1. The first-order chi connectivity index (χ1) is 7.81. The number of nitrogens with zero attached hydrogens (tertiary/aromatic N) is 1. The first kappa shape index (κ1) is 13.0. The normalized spacial score (nSPS) is 10.5. The van der Waals surface area contributed by atoms with E-state index >= 15 is 0 Å². The minimum Gasteiger partial charge on any atom is -0.444 e. The van der Waals surface area contributed by atoms with Crippen LogP contribution in [-0.2, 0) is 4.74 Å². The first-order valence-corrected chi connectivity index (χ1v) is 5.25. The van der Waals surface area contributed by atoms with Crippen molar-refractivity contribution in [2.75, 3.05) is 5.32 Å². The van der Waals surface area contributed by atoms with Crippen LogP contribution in [0.15, 0.2) is 12.3 Å². The highest BCUT2D eigenvalue weighted by atomic mass is 16.6. The third kappa shape index (κ3) is 4.15. The van der Waals surface area contributed by atoms with Crippen LogP contribution < -0.4 is 5.32 Å². The smallest absolute Gasteiger partial charge is 0.412 e. The Morgan fingerprint density at radius 1 is 1.53 bits per heavy atom. The fraction of sp³-hybridized carbons (Fsp3) is 0.385. The maximum Gasteiger partial charge on any atom is 0.412 e. The molecule has 0 aromatic carbocycles. The standard InChI is InChI=1S/C13H16N2O2/c1-6-11-9(2)7-10(8-14-11)15-12(16)17-13(3,4)5/h1,7-8H,2-5H3,(H,15,16). The topological polar surface area (TPSA) is 51.2 Å². The SMILES string of the molecule is C#Cc1ncc(NC(=O)OC(C)(C)C)cc1C. The first-order valence-electron chi connectivity index (χ1n) is 5.25. The molecule has 4 nitrogen and oxygen atoms in total. The molecular formula is C13H16N2O2. The number of anilines is 1. The van der Waals surface area contributed by atoms with Gasteiger partial charge in [0, 0.05) is 0 Å². The van der Waals surface area contributed by atoms with E-state index in [2.05, 4.69) is 16.2 Å². The summed E-state index contributed by atoms with van der Waals surface area (Å²) in [5.41, 5.74) is 1.45. The third-order valence-corrected chi connectivity index (χ3v) is 1.86. The molecule has 17 heavy (non-hydrogen) atoms. The largest absolute Gasteiger partial charge is 0.444 e.